The van der Waals surface area contributed by atoms with Crippen LogP contribution in [0.25, 0.3) is 11.1 Å². The van der Waals surface area contributed by atoms with Crippen LogP contribution in [0.15, 0.2) is 77.7 Å². The third kappa shape index (κ3) is 5.91. The van der Waals surface area contributed by atoms with Crippen LogP contribution >= 0.6 is 0 Å². The predicted molar refractivity (Wildman–Crippen MR) is 118 cm³/mol. The van der Waals surface area contributed by atoms with Gasteiger partial charge in [-0.05, 0) is 41.8 Å². The number of nitrogens with two attached hydrogens (primary N) is 2. The average Bonchev–Trinajstić information content (AvgIpc) is 2.74. The number of ether oxygens (including phenoxy) is 1. The van der Waals surface area contributed by atoms with Crippen molar-refractivity contribution < 1.29 is 17.9 Å². The summed E-state index contributed by atoms with van der Waals surface area (Å²) in [6.07, 6.45) is -0.0557. The van der Waals surface area contributed by atoms with Crippen molar-refractivity contribution in [2.45, 2.75) is 11.3 Å². The molecule has 3 rings (SSSR count). The number of carbonyl (C=O) groups is 1. The van der Waals surface area contributed by atoms with Crippen LogP contribution in [0, 0.1) is 5.41 Å². The Morgan fingerprint density at radius 1 is 1.00 bits per heavy atom. The summed E-state index contributed by atoms with van der Waals surface area (Å²) in [6, 6.07) is 20.1. The molecule has 0 saturated heterocycles. The van der Waals surface area contributed by atoms with E-state index in [1.807, 2.05) is 6.07 Å². The molecule has 0 atom stereocenters. The number of amidine groups is 1. The number of carbonyl (C=O) groups excluding carboxylic acids is 1. The number of amides is 1. The highest BCUT2D eigenvalue weighted by Crippen LogP contribution is 2.28. The monoisotopic (exact) mass is 438 g/mol. The van der Waals surface area contributed by atoms with Crippen LogP contribution < -0.4 is 20.9 Å². The molecule has 31 heavy (non-hydrogen) atoms. The van der Waals surface area contributed by atoms with Gasteiger partial charge in [-0.25, -0.2) is 18.4 Å². The van der Waals surface area contributed by atoms with Gasteiger partial charge in [-0.1, -0.05) is 48.5 Å². The van der Waals surface area contributed by atoms with Crippen molar-refractivity contribution in [1.29, 1.82) is 5.41 Å². The first-order chi connectivity index (χ1) is 14.7. The van der Waals surface area contributed by atoms with E-state index in [9.17, 15) is 13.2 Å². The Morgan fingerprint density at radius 2 is 1.71 bits per heavy atom. The molecule has 160 valence electrons. The minimum atomic E-state index is -3.87. The van der Waals surface area contributed by atoms with Gasteiger partial charge < -0.3 is 15.8 Å². The van der Waals surface area contributed by atoms with Crippen molar-refractivity contribution in [2.75, 3.05) is 6.54 Å². The first-order valence-electron chi connectivity index (χ1n) is 9.35. The summed E-state index contributed by atoms with van der Waals surface area (Å²) in [5.41, 5.74) is 8.14. The zero-order valence-corrected chi connectivity index (χ0v) is 17.4. The Bertz CT molecular complexity index is 1210. The summed E-state index contributed by atoms with van der Waals surface area (Å²) >= 11 is 0. The second-order valence-corrected chi connectivity index (χ2v) is 8.28. The first-order valence-corrected chi connectivity index (χ1v) is 10.9. The minimum Gasteiger partial charge on any atom is -0.410 e. The number of hydrogen-bond donors (Lipinski definition) is 4. The molecule has 0 aliphatic carbocycles. The molecular formula is C22H22N4O4S. The van der Waals surface area contributed by atoms with Crippen LogP contribution in [0.4, 0.5) is 4.79 Å². The van der Waals surface area contributed by atoms with Gasteiger partial charge in [-0.15, -0.1) is 0 Å². The van der Waals surface area contributed by atoms with Crippen LogP contribution in [-0.4, -0.2) is 26.9 Å². The highest BCUT2D eigenvalue weighted by atomic mass is 32.2. The molecule has 3 aromatic carbocycles. The molecule has 0 heterocycles. The predicted octanol–water partition coefficient (Wildman–Crippen LogP) is 2.62. The van der Waals surface area contributed by atoms with Gasteiger partial charge in [0.25, 0.3) is 0 Å². The van der Waals surface area contributed by atoms with Gasteiger partial charge in [-0.3, -0.25) is 5.41 Å². The van der Waals surface area contributed by atoms with Gasteiger partial charge in [-0.2, -0.15) is 0 Å². The number of hydrogen-bond acceptors (Lipinski definition) is 5. The topological polar surface area (TPSA) is 148 Å². The fraction of sp³-hybridized carbons (Fsp3) is 0.0909. The van der Waals surface area contributed by atoms with Gasteiger partial charge in [0.1, 0.15) is 11.6 Å². The number of sulfonamides is 1. The van der Waals surface area contributed by atoms with Gasteiger partial charge in [0.15, 0.2) is 0 Å². The van der Waals surface area contributed by atoms with Crippen LogP contribution in [0.2, 0.25) is 0 Å². The first kappa shape index (κ1) is 22.0. The third-order valence-corrected chi connectivity index (χ3v) is 5.46. The lowest BCUT2D eigenvalue weighted by Gasteiger charge is -2.10. The largest absolute Gasteiger partial charge is 0.412 e. The van der Waals surface area contributed by atoms with E-state index < -0.39 is 16.1 Å². The van der Waals surface area contributed by atoms with Gasteiger partial charge in [0.05, 0.1) is 4.90 Å². The maximum Gasteiger partial charge on any atom is 0.412 e. The van der Waals surface area contributed by atoms with Gasteiger partial charge >= 0.3 is 6.09 Å². The van der Waals surface area contributed by atoms with Crippen molar-refractivity contribution in [3.63, 3.8) is 0 Å². The lowest BCUT2D eigenvalue weighted by Crippen LogP contribution is -2.28. The Morgan fingerprint density at radius 3 is 2.39 bits per heavy atom. The molecule has 0 bridgehead atoms. The molecular weight excluding hydrogens is 416 g/mol. The summed E-state index contributed by atoms with van der Waals surface area (Å²) in [6.45, 7) is 0.347. The van der Waals surface area contributed by atoms with E-state index in [2.05, 4.69) is 5.32 Å². The zero-order valence-electron chi connectivity index (χ0n) is 16.5. The molecule has 6 N–H and O–H groups in total. The maximum atomic E-state index is 12.0. The highest BCUT2D eigenvalue weighted by molar-refractivity contribution is 7.89. The fourth-order valence-electron chi connectivity index (χ4n) is 3.00. The Kier molecular flexibility index (Phi) is 6.68. The number of benzene rings is 3. The van der Waals surface area contributed by atoms with Crippen LogP contribution in [0.5, 0.6) is 5.75 Å². The molecule has 0 aliphatic heterocycles. The fourth-order valence-corrected chi connectivity index (χ4v) is 3.76. The van der Waals surface area contributed by atoms with E-state index >= 15 is 0 Å². The summed E-state index contributed by atoms with van der Waals surface area (Å²) in [5, 5.41) is 15.4. The van der Waals surface area contributed by atoms with Gasteiger partial charge in [0.2, 0.25) is 10.0 Å². The van der Waals surface area contributed by atoms with Crippen molar-refractivity contribution >= 4 is 22.0 Å². The van der Waals surface area contributed by atoms with Crippen molar-refractivity contribution in [2.24, 2.45) is 10.9 Å². The van der Waals surface area contributed by atoms with Crippen LogP contribution in [-0.2, 0) is 16.4 Å². The van der Waals surface area contributed by atoms with Gasteiger partial charge in [0, 0.05) is 17.7 Å². The zero-order chi connectivity index (χ0) is 22.4. The highest BCUT2D eigenvalue weighted by Gasteiger charge is 2.14. The lowest BCUT2D eigenvalue weighted by atomic mass is 10.1. The maximum absolute atomic E-state index is 12.0. The Balaban J connectivity index is 1.59. The number of primary sulfonamides is 1. The normalized spacial score (nSPS) is 11.0. The molecule has 0 spiro atoms. The Labute approximate surface area is 180 Å². The Hall–Kier alpha value is -3.69. The number of nitrogen functional groups attached to an aromatic ring is 1. The van der Waals surface area contributed by atoms with Crippen LogP contribution in [0.3, 0.4) is 0 Å². The van der Waals surface area contributed by atoms with E-state index in [0.29, 0.717) is 35.4 Å². The quantitative estimate of drug-likeness (QED) is 0.330. The van der Waals surface area contributed by atoms with Crippen LogP contribution in [0.1, 0.15) is 11.1 Å². The molecule has 0 saturated carbocycles. The molecule has 0 aromatic heterocycles. The molecule has 8 nitrogen and oxygen atoms in total. The molecule has 0 radical (unpaired) electrons. The van der Waals surface area contributed by atoms with Crippen molar-refractivity contribution in [3.05, 3.63) is 83.9 Å². The smallest absolute Gasteiger partial charge is 0.410 e. The molecule has 1 amide bonds. The van der Waals surface area contributed by atoms with E-state index in [-0.39, 0.29) is 10.7 Å². The average molecular weight is 439 g/mol. The summed E-state index contributed by atoms with van der Waals surface area (Å²) in [5.74, 6) is 0.303. The number of nitrogens with one attached hydrogen (secondary N) is 2. The molecule has 9 heteroatoms. The lowest BCUT2D eigenvalue weighted by molar-refractivity contribution is 0.200. The number of rotatable bonds is 7. The standard InChI is InChI=1S/C22H22N4O4S/c23-21(24)17-5-3-4-15(14-17)12-13-26-22(27)30-18-10-8-16(9-11-18)19-6-1-2-7-20(19)31(25,28)29/h1-11,14H,12-13H2,(H3,23,24)(H,26,27)(H2,25,28,29). The molecule has 0 fully saturated rings. The molecule has 3 aromatic rings. The van der Waals surface area contributed by atoms with E-state index in [1.165, 1.54) is 6.07 Å². The summed E-state index contributed by atoms with van der Waals surface area (Å²) in [7, 11) is -3.87. The third-order valence-electron chi connectivity index (χ3n) is 4.49. The van der Waals surface area contributed by atoms with Crippen molar-refractivity contribution in [3.8, 4) is 16.9 Å². The second-order valence-electron chi connectivity index (χ2n) is 6.75. The second kappa shape index (κ2) is 9.41. The minimum absolute atomic E-state index is 0.00986. The van der Waals surface area contributed by atoms with E-state index in [1.54, 1.807) is 60.7 Å². The molecule has 0 unspecified atom stereocenters. The van der Waals surface area contributed by atoms with E-state index in [4.69, 9.17) is 21.0 Å². The van der Waals surface area contributed by atoms with E-state index in [0.717, 1.165) is 5.56 Å². The summed E-state index contributed by atoms with van der Waals surface area (Å²) < 4.78 is 28.8. The summed E-state index contributed by atoms with van der Waals surface area (Å²) in [4.78, 5) is 12.1. The van der Waals surface area contributed by atoms with Crippen molar-refractivity contribution in [1.82, 2.24) is 5.32 Å². The molecule has 0 aliphatic rings. The SMILES string of the molecule is N=C(N)c1cccc(CCNC(=O)Oc2ccc(-c3ccccc3S(N)(=O)=O)cc2)c1.